The number of nitrogens with zero attached hydrogens (tertiary/aromatic N) is 2. The molecule has 0 radical (unpaired) electrons. The SMILES string of the molecule is COc1ccc(CNCc2ccc(N(C)C)nc2)cc1OC. The average molecular weight is 301 g/mol. The van der Waals surface area contributed by atoms with Crippen LogP contribution in [-0.4, -0.2) is 33.3 Å². The first-order valence-corrected chi connectivity index (χ1v) is 7.18. The van der Waals surface area contributed by atoms with Crippen LogP contribution in [0.1, 0.15) is 11.1 Å². The highest BCUT2D eigenvalue weighted by molar-refractivity contribution is 5.43. The van der Waals surface area contributed by atoms with E-state index in [1.54, 1.807) is 14.2 Å². The van der Waals surface area contributed by atoms with E-state index in [-0.39, 0.29) is 0 Å². The number of hydrogen-bond acceptors (Lipinski definition) is 5. The zero-order valence-corrected chi connectivity index (χ0v) is 13.6. The molecule has 0 bridgehead atoms. The topological polar surface area (TPSA) is 46.6 Å². The Morgan fingerprint density at radius 3 is 2.23 bits per heavy atom. The number of aromatic nitrogens is 1. The molecular weight excluding hydrogens is 278 g/mol. The number of pyridine rings is 1. The molecule has 1 heterocycles. The van der Waals surface area contributed by atoms with E-state index in [0.29, 0.717) is 0 Å². The molecule has 0 unspecified atom stereocenters. The van der Waals surface area contributed by atoms with Crippen molar-refractivity contribution >= 4 is 5.82 Å². The summed E-state index contributed by atoms with van der Waals surface area (Å²) in [6, 6.07) is 10.0. The van der Waals surface area contributed by atoms with Gasteiger partial charge >= 0.3 is 0 Å². The number of benzene rings is 1. The van der Waals surface area contributed by atoms with Gasteiger partial charge in [-0.1, -0.05) is 12.1 Å². The third-order valence-electron chi connectivity index (χ3n) is 3.37. The van der Waals surface area contributed by atoms with E-state index in [1.807, 2.05) is 49.5 Å². The van der Waals surface area contributed by atoms with Crippen molar-refractivity contribution in [2.24, 2.45) is 0 Å². The molecule has 0 spiro atoms. The second-order valence-electron chi connectivity index (χ2n) is 5.21. The summed E-state index contributed by atoms with van der Waals surface area (Å²) in [7, 11) is 7.25. The molecule has 5 nitrogen and oxygen atoms in total. The molecule has 0 saturated heterocycles. The average Bonchev–Trinajstić information content (AvgIpc) is 2.55. The maximum atomic E-state index is 5.31. The Bertz CT molecular complexity index is 597. The van der Waals surface area contributed by atoms with E-state index < -0.39 is 0 Å². The number of nitrogens with one attached hydrogen (secondary N) is 1. The third-order valence-corrected chi connectivity index (χ3v) is 3.37. The number of rotatable bonds is 7. The van der Waals surface area contributed by atoms with Gasteiger partial charge in [0.15, 0.2) is 11.5 Å². The van der Waals surface area contributed by atoms with Gasteiger partial charge in [0.25, 0.3) is 0 Å². The van der Waals surface area contributed by atoms with E-state index in [2.05, 4.69) is 16.4 Å². The Balaban J connectivity index is 1.90. The van der Waals surface area contributed by atoms with Gasteiger partial charge in [-0.3, -0.25) is 0 Å². The van der Waals surface area contributed by atoms with Crippen LogP contribution in [0.15, 0.2) is 36.5 Å². The maximum absolute atomic E-state index is 5.31. The van der Waals surface area contributed by atoms with Crippen molar-refractivity contribution in [3.8, 4) is 11.5 Å². The first kappa shape index (κ1) is 16.1. The lowest BCUT2D eigenvalue weighted by Gasteiger charge is -2.12. The van der Waals surface area contributed by atoms with Crippen molar-refractivity contribution in [2.75, 3.05) is 33.2 Å². The lowest BCUT2D eigenvalue weighted by atomic mass is 10.2. The Kier molecular flexibility index (Phi) is 5.61. The quantitative estimate of drug-likeness (QED) is 0.851. The van der Waals surface area contributed by atoms with Crippen LogP contribution in [0.2, 0.25) is 0 Å². The number of anilines is 1. The van der Waals surface area contributed by atoms with Crippen molar-refractivity contribution in [3.63, 3.8) is 0 Å². The molecule has 118 valence electrons. The summed E-state index contributed by atoms with van der Waals surface area (Å²) in [5.41, 5.74) is 2.31. The van der Waals surface area contributed by atoms with Crippen LogP contribution in [0.4, 0.5) is 5.82 Å². The van der Waals surface area contributed by atoms with Gasteiger partial charge in [0, 0.05) is 33.4 Å². The molecule has 0 saturated carbocycles. The van der Waals surface area contributed by atoms with Gasteiger partial charge in [-0.15, -0.1) is 0 Å². The largest absolute Gasteiger partial charge is 0.493 e. The molecule has 2 aromatic rings. The smallest absolute Gasteiger partial charge is 0.161 e. The van der Waals surface area contributed by atoms with Gasteiger partial charge < -0.3 is 19.7 Å². The molecule has 0 aliphatic heterocycles. The summed E-state index contributed by atoms with van der Waals surface area (Å²) >= 11 is 0. The predicted octanol–water partition coefficient (Wildman–Crippen LogP) is 2.45. The van der Waals surface area contributed by atoms with Crippen molar-refractivity contribution in [3.05, 3.63) is 47.7 Å². The van der Waals surface area contributed by atoms with Crippen LogP contribution in [0.5, 0.6) is 11.5 Å². The monoisotopic (exact) mass is 301 g/mol. The first-order chi connectivity index (χ1) is 10.6. The number of hydrogen-bond donors (Lipinski definition) is 1. The fourth-order valence-electron chi connectivity index (χ4n) is 2.13. The Labute approximate surface area is 131 Å². The highest BCUT2D eigenvalue weighted by atomic mass is 16.5. The fourth-order valence-corrected chi connectivity index (χ4v) is 2.13. The maximum Gasteiger partial charge on any atom is 0.161 e. The molecule has 0 amide bonds. The van der Waals surface area contributed by atoms with Crippen molar-refractivity contribution in [1.82, 2.24) is 10.3 Å². The van der Waals surface area contributed by atoms with Crippen LogP contribution in [-0.2, 0) is 13.1 Å². The van der Waals surface area contributed by atoms with Crippen LogP contribution >= 0.6 is 0 Å². The Hall–Kier alpha value is -2.27. The van der Waals surface area contributed by atoms with Gasteiger partial charge in [0.05, 0.1) is 14.2 Å². The standard InChI is InChI=1S/C17H23N3O2/c1-20(2)17-8-6-14(12-19-17)11-18-10-13-5-7-15(21-3)16(9-13)22-4/h5-9,12,18H,10-11H2,1-4H3. The van der Waals surface area contributed by atoms with Crippen LogP contribution < -0.4 is 19.7 Å². The van der Waals surface area contributed by atoms with Gasteiger partial charge in [-0.05, 0) is 29.3 Å². The number of ether oxygens (including phenoxy) is 2. The molecule has 0 fully saturated rings. The second kappa shape index (κ2) is 7.66. The summed E-state index contributed by atoms with van der Waals surface area (Å²) in [6.07, 6.45) is 1.90. The van der Waals surface area contributed by atoms with Crippen LogP contribution in [0, 0.1) is 0 Å². The molecule has 22 heavy (non-hydrogen) atoms. The lowest BCUT2D eigenvalue weighted by Crippen LogP contribution is -2.14. The summed E-state index contributed by atoms with van der Waals surface area (Å²) in [6.45, 7) is 1.53. The van der Waals surface area contributed by atoms with Gasteiger partial charge in [0.2, 0.25) is 0 Å². The second-order valence-corrected chi connectivity index (χ2v) is 5.21. The Morgan fingerprint density at radius 1 is 0.955 bits per heavy atom. The van der Waals surface area contributed by atoms with Crippen molar-refractivity contribution in [1.29, 1.82) is 0 Å². The van der Waals surface area contributed by atoms with E-state index >= 15 is 0 Å². The molecule has 0 aliphatic carbocycles. The highest BCUT2D eigenvalue weighted by Crippen LogP contribution is 2.27. The molecular formula is C17H23N3O2. The molecule has 2 rings (SSSR count). The summed E-state index contributed by atoms with van der Waals surface area (Å²) in [4.78, 5) is 6.39. The van der Waals surface area contributed by atoms with Crippen LogP contribution in [0.3, 0.4) is 0 Å². The zero-order valence-electron chi connectivity index (χ0n) is 13.6. The van der Waals surface area contributed by atoms with E-state index in [4.69, 9.17) is 9.47 Å². The summed E-state index contributed by atoms with van der Waals surface area (Å²) in [5, 5.41) is 3.41. The summed E-state index contributed by atoms with van der Waals surface area (Å²) in [5.74, 6) is 2.46. The number of methoxy groups -OCH3 is 2. The highest BCUT2D eigenvalue weighted by Gasteiger charge is 2.04. The normalized spacial score (nSPS) is 10.4. The first-order valence-electron chi connectivity index (χ1n) is 7.18. The third kappa shape index (κ3) is 4.11. The van der Waals surface area contributed by atoms with Crippen LogP contribution in [0.25, 0.3) is 0 Å². The fraction of sp³-hybridized carbons (Fsp3) is 0.353. The minimum absolute atomic E-state index is 0.745. The summed E-state index contributed by atoms with van der Waals surface area (Å²) < 4.78 is 10.5. The minimum atomic E-state index is 0.745. The van der Waals surface area contributed by atoms with Gasteiger partial charge in [-0.25, -0.2) is 4.98 Å². The molecule has 1 aromatic heterocycles. The van der Waals surface area contributed by atoms with E-state index in [9.17, 15) is 0 Å². The lowest BCUT2D eigenvalue weighted by molar-refractivity contribution is 0.354. The molecule has 0 aliphatic rings. The Morgan fingerprint density at radius 2 is 1.64 bits per heavy atom. The van der Waals surface area contributed by atoms with Gasteiger partial charge in [-0.2, -0.15) is 0 Å². The minimum Gasteiger partial charge on any atom is -0.493 e. The zero-order chi connectivity index (χ0) is 15.9. The molecule has 1 N–H and O–H groups in total. The van der Waals surface area contributed by atoms with Crippen molar-refractivity contribution < 1.29 is 9.47 Å². The van der Waals surface area contributed by atoms with Gasteiger partial charge in [0.1, 0.15) is 5.82 Å². The predicted molar refractivity (Wildman–Crippen MR) is 88.7 cm³/mol. The van der Waals surface area contributed by atoms with Crippen molar-refractivity contribution in [2.45, 2.75) is 13.1 Å². The molecule has 1 aromatic carbocycles. The van der Waals surface area contributed by atoms with E-state index in [0.717, 1.165) is 41.5 Å². The molecule has 0 atom stereocenters. The molecule has 5 heteroatoms. The van der Waals surface area contributed by atoms with E-state index in [1.165, 1.54) is 0 Å².